The summed E-state index contributed by atoms with van der Waals surface area (Å²) >= 11 is 0. The topological polar surface area (TPSA) is 38.8 Å². The van der Waals surface area contributed by atoms with Crippen LogP contribution in [0.1, 0.15) is 6.92 Å². The van der Waals surface area contributed by atoms with Crippen LogP contribution in [0.25, 0.3) is 0 Å². The second kappa shape index (κ2) is 10.2. The molecule has 1 atom stereocenters. The molecule has 1 aromatic carbocycles. The Balaban J connectivity index is 0.00000156. The number of rotatable bonds is 3. The summed E-state index contributed by atoms with van der Waals surface area (Å²) in [5.74, 6) is 0.00483. The fourth-order valence-corrected chi connectivity index (χ4v) is 3.26. The second-order valence-electron chi connectivity index (χ2n) is 6.37. The van der Waals surface area contributed by atoms with Crippen molar-refractivity contribution in [3.8, 4) is 0 Å². The number of nitrogens with one attached hydrogen (secondary N) is 1. The summed E-state index contributed by atoms with van der Waals surface area (Å²) in [5, 5.41) is 3.35. The number of piperazine rings is 2. The first-order chi connectivity index (χ1) is 11.1. The standard InChI is InChI=1S/C17H25FN4O.2ClH/c1-14-12-19-6-7-22(14)13-17(23)21-10-8-20(9-11-21)16-4-2-15(18)3-5-16;;/h2-5,14,19H,6-13H2,1H3;2*1H/t14-;;/m0../s1. The van der Waals surface area contributed by atoms with Crippen LogP contribution in [0.15, 0.2) is 24.3 Å². The Morgan fingerprint density at radius 1 is 1.12 bits per heavy atom. The molecule has 142 valence electrons. The predicted molar refractivity (Wildman–Crippen MR) is 104 cm³/mol. The third-order valence-electron chi connectivity index (χ3n) is 4.80. The third kappa shape index (κ3) is 5.71. The number of amides is 1. The SMILES string of the molecule is C[C@H]1CNCCN1CC(=O)N1CCN(c2ccc(F)cc2)CC1.Cl.Cl. The Morgan fingerprint density at radius 2 is 1.76 bits per heavy atom. The maximum Gasteiger partial charge on any atom is 0.236 e. The van der Waals surface area contributed by atoms with Crippen molar-refractivity contribution in [1.82, 2.24) is 15.1 Å². The van der Waals surface area contributed by atoms with Crippen molar-refractivity contribution >= 4 is 36.4 Å². The normalized spacial score (nSPS) is 21.3. The van der Waals surface area contributed by atoms with E-state index >= 15 is 0 Å². The highest BCUT2D eigenvalue weighted by atomic mass is 35.5. The maximum atomic E-state index is 13.0. The zero-order chi connectivity index (χ0) is 16.2. The molecular formula is C17H27Cl2FN4O. The largest absolute Gasteiger partial charge is 0.368 e. The molecule has 0 aliphatic carbocycles. The lowest BCUT2D eigenvalue weighted by molar-refractivity contribution is -0.133. The van der Waals surface area contributed by atoms with Gasteiger partial charge in [-0.05, 0) is 31.2 Å². The molecule has 1 N–H and O–H groups in total. The number of hydrogen-bond donors (Lipinski definition) is 1. The van der Waals surface area contributed by atoms with Gasteiger partial charge in [-0.3, -0.25) is 9.69 Å². The summed E-state index contributed by atoms with van der Waals surface area (Å²) in [6.07, 6.45) is 0. The molecule has 0 bridgehead atoms. The molecule has 0 aromatic heterocycles. The van der Waals surface area contributed by atoms with Crippen molar-refractivity contribution in [2.45, 2.75) is 13.0 Å². The molecule has 0 saturated carbocycles. The van der Waals surface area contributed by atoms with E-state index in [1.54, 1.807) is 12.1 Å². The second-order valence-corrected chi connectivity index (χ2v) is 6.37. The van der Waals surface area contributed by atoms with Crippen LogP contribution in [0.4, 0.5) is 10.1 Å². The first-order valence-corrected chi connectivity index (χ1v) is 8.36. The van der Waals surface area contributed by atoms with Gasteiger partial charge in [0.05, 0.1) is 6.54 Å². The average molecular weight is 393 g/mol. The Labute approximate surface area is 161 Å². The van der Waals surface area contributed by atoms with Crippen molar-refractivity contribution in [3.63, 3.8) is 0 Å². The third-order valence-corrected chi connectivity index (χ3v) is 4.80. The van der Waals surface area contributed by atoms with Gasteiger partial charge in [-0.15, -0.1) is 24.8 Å². The van der Waals surface area contributed by atoms with E-state index in [-0.39, 0.29) is 36.5 Å². The number of benzene rings is 1. The minimum absolute atomic E-state index is 0. The lowest BCUT2D eigenvalue weighted by Crippen LogP contribution is -2.55. The van der Waals surface area contributed by atoms with Crippen molar-refractivity contribution in [3.05, 3.63) is 30.1 Å². The molecule has 1 aromatic rings. The van der Waals surface area contributed by atoms with E-state index < -0.39 is 0 Å². The molecule has 2 fully saturated rings. The maximum absolute atomic E-state index is 13.0. The van der Waals surface area contributed by atoms with Gasteiger partial charge in [0.15, 0.2) is 0 Å². The number of carbonyl (C=O) groups is 1. The van der Waals surface area contributed by atoms with Crippen LogP contribution in [0, 0.1) is 5.82 Å². The van der Waals surface area contributed by atoms with Gasteiger partial charge in [-0.25, -0.2) is 4.39 Å². The molecule has 1 amide bonds. The molecule has 3 rings (SSSR count). The first kappa shape index (κ1) is 22.0. The average Bonchev–Trinajstić information content (AvgIpc) is 2.58. The number of anilines is 1. The van der Waals surface area contributed by atoms with Crippen LogP contribution >= 0.6 is 24.8 Å². The van der Waals surface area contributed by atoms with E-state index in [1.807, 2.05) is 4.90 Å². The van der Waals surface area contributed by atoms with Gasteiger partial charge in [0.2, 0.25) is 5.91 Å². The zero-order valence-electron chi connectivity index (χ0n) is 14.5. The molecule has 2 aliphatic heterocycles. The van der Waals surface area contributed by atoms with E-state index in [2.05, 4.69) is 22.0 Å². The Morgan fingerprint density at radius 3 is 2.36 bits per heavy atom. The summed E-state index contributed by atoms with van der Waals surface area (Å²) in [7, 11) is 0. The molecule has 0 unspecified atom stereocenters. The van der Waals surface area contributed by atoms with Gasteiger partial charge in [0, 0.05) is 57.5 Å². The molecular weight excluding hydrogens is 366 g/mol. The van der Waals surface area contributed by atoms with Gasteiger partial charge in [-0.2, -0.15) is 0 Å². The Kier molecular flexibility index (Phi) is 8.93. The highest BCUT2D eigenvalue weighted by Crippen LogP contribution is 2.17. The fourth-order valence-electron chi connectivity index (χ4n) is 3.26. The van der Waals surface area contributed by atoms with Crippen LogP contribution in [0.3, 0.4) is 0 Å². The molecule has 25 heavy (non-hydrogen) atoms. The van der Waals surface area contributed by atoms with Gasteiger partial charge >= 0.3 is 0 Å². The molecule has 2 heterocycles. The minimum atomic E-state index is -0.215. The Bertz CT molecular complexity index is 538. The molecule has 2 aliphatic rings. The zero-order valence-corrected chi connectivity index (χ0v) is 16.1. The smallest absolute Gasteiger partial charge is 0.236 e. The number of carbonyl (C=O) groups excluding carboxylic acids is 1. The van der Waals surface area contributed by atoms with Crippen LogP contribution in [-0.2, 0) is 4.79 Å². The molecule has 0 spiro atoms. The van der Waals surface area contributed by atoms with Crippen LogP contribution in [-0.4, -0.2) is 74.1 Å². The predicted octanol–water partition coefficient (Wildman–Crippen LogP) is 1.61. The van der Waals surface area contributed by atoms with E-state index in [1.165, 1.54) is 12.1 Å². The van der Waals surface area contributed by atoms with E-state index in [0.29, 0.717) is 12.6 Å². The van der Waals surface area contributed by atoms with Crippen molar-refractivity contribution in [2.75, 3.05) is 57.3 Å². The molecule has 5 nitrogen and oxygen atoms in total. The summed E-state index contributed by atoms with van der Waals surface area (Å²) in [4.78, 5) is 18.9. The highest BCUT2D eigenvalue weighted by Gasteiger charge is 2.25. The summed E-state index contributed by atoms with van der Waals surface area (Å²) in [6.45, 7) is 8.58. The summed E-state index contributed by atoms with van der Waals surface area (Å²) < 4.78 is 13.0. The number of nitrogens with zero attached hydrogens (tertiary/aromatic N) is 3. The summed E-state index contributed by atoms with van der Waals surface area (Å²) in [6, 6.07) is 6.98. The van der Waals surface area contributed by atoms with E-state index in [0.717, 1.165) is 51.5 Å². The van der Waals surface area contributed by atoms with Crippen molar-refractivity contribution < 1.29 is 9.18 Å². The first-order valence-electron chi connectivity index (χ1n) is 8.36. The lowest BCUT2D eigenvalue weighted by atomic mass is 10.2. The van der Waals surface area contributed by atoms with E-state index in [4.69, 9.17) is 0 Å². The van der Waals surface area contributed by atoms with Gasteiger partial charge < -0.3 is 15.1 Å². The monoisotopic (exact) mass is 392 g/mol. The fraction of sp³-hybridized carbons (Fsp3) is 0.588. The molecule has 2 saturated heterocycles. The quantitative estimate of drug-likeness (QED) is 0.847. The minimum Gasteiger partial charge on any atom is -0.368 e. The van der Waals surface area contributed by atoms with Crippen molar-refractivity contribution in [1.29, 1.82) is 0 Å². The van der Waals surface area contributed by atoms with Crippen molar-refractivity contribution in [2.24, 2.45) is 0 Å². The highest BCUT2D eigenvalue weighted by molar-refractivity contribution is 5.85. The van der Waals surface area contributed by atoms with E-state index in [9.17, 15) is 9.18 Å². The van der Waals surface area contributed by atoms with Gasteiger partial charge in [0.1, 0.15) is 5.82 Å². The van der Waals surface area contributed by atoms with Crippen LogP contribution in [0.5, 0.6) is 0 Å². The molecule has 0 radical (unpaired) electrons. The lowest BCUT2D eigenvalue weighted by Gasteiger charge is -2.38. The van der Waals surface area contributed by atoms with Crippen LogP contribution in [0.2, 0.25) is 0 Å². The van der Waals surface area contributed by atoms with Crippen LogP contribution < -0.4 is 10.2 Å². The molecule has 8 heteroatoms. The number of hydrogen-bond acceptors (Lipinski definition) is 4. The Hall–Kier alpha value is -1.08. The summed E-state index contributed by atoms with van der Waals surface area (Å²) in [5.41, 5.74) is 1.02. The van der Waals surface area contributed by atoms with Gasteiger partial charge in [0.25, 0.3) is 0 Å². The number of halogens is 3. The van der Waals surface area contributed by atoms with Gasteiger partial charge in [-0.1, -0.05) is 0 Å².